The first-order valence-electron chi connectivity index (χ1n) is 5.80. The van der Waals surface area contributed by atoms with Gasteiger partial charge in [-0.25, -0.2) is 13.8 Å². The lowest BCUT2D eigenvalue weighted by atomic mass is 10.2. The van der Waals surface area contributed by atoms with E-state index in [2.05, 4.69) is 10.3 Å². The van der Waals surface area contributed by atoms with Crippen LogP contribution in [0.3, 0.4) is 0 Å². The predicted molar refractivity (Wildman–Crippen MR) is 66.4 cm³/mol. The molecule has 0 atom stereocenters. The summed E-state index contributed by atoms with van der Waals surface area (Å²) in [5.74, 6) is -2.12. The van der Waals surface area contributed by atoms with Gasteiger partial charge in [0.05, 0.1) is 17.6 Å². The van der Waals surface area contributed by atoms with E-state index in [-0.39, 0.29) is 11.3 Å². The topological polar surface area (TPSA) is 53.6 Å². The second kappa shape index (κ2) is 5.96. The van der Waals surface area contributed by atoms with Crippen LogP contribution in [0.2, 0.25) is 0 Å². The fourth-order valence-corrected chi connectivity index (χ4v) is 1.68. The van der Waals surface area contributed by atoms with Crippen LogP contribution in [-0.2, 0) is 6.54 Å². The predicted octanol–water partition coefficient (Wildman–Crippen LogP) is 2.54. The first-order valence-corrected chi connectivity index (χ1v) is 5.80. The molecule has 0 unspecified atom stereocenters. The molecule has 1 N–H and O–H groups in total. The number of nitriles is 1. The first kappa shape index (κ1) is 13.0. The zero-order valence-electron chi connectivity index (χ0n) is 10.1. The van der Waals surface area contributed by atoms with Gasteiger partial charge >= 0.3 is 0 Å². The standard InChI is InChI=1S/C13H12F2N4/c14-12-10(8-16)2-3-11(13(12)15)18-4-1-6-19-7-5-17-9-19/h2-3,5,7,9,18H,1,4,6H2. The van der Waals surface area contributed by atoms with E-state index in [0.717, 1.165) is 13.0 Å². The molecule has 0 aliphatic rings. The highest BCUT2D eigenvalue weighted by Gasteiger charge is 2.12. The Morgan fingerprint density at radius 1 is 1.32 bits per heavy atom. The lowest BCUT2D eigenvalue weighted by molar-refractivity contribution is 0.508. The van der Waals surface area contributed by atoms with Crippen molar-refractivity contribution in [2.75, 3.05) is 11.9 Å². The van der Waals surface area contributed by atoms with Crippen molar-refractivity contribution < 1.29 is 8.78 Å². The molecule has 19 heavy (non-hydrogen) atoms. The molecule has 2 rings (SSSR count). The molecule has 1 aromatic heterocycles. The van der Waals surface area contributed by atoms with Crippen molar-refractivity contribution >= 4 is 5.69 Å². The molecule has 0 radical (unpaired) electrons. The van der Waals surface area contributed by atoms with Crippen LogP contribution in [0.1, 0.15) is 12.0 Å². The van der Waals surface area contributed by atoms with Crippen molar-refractivity contribution in [1.82, 2.24) is 9.55 Å². The van der Waals surface area contributed by atoms with Gasteiger partial charge in [0.15, 0.2) is 11.6 Å². The minimum absolute atomic E-state index is 0.0714. The zero-order valence-corrected chi connectivity index (χ0v) is 10.1. The Balaban J connectivity index is 1.90. The number of aromatic nitrogens is 2. The average Bonchev–Trinajstić information content (AvgIpc) is 2.92. The normalized spacial score (nSPS) is 10.2. The number of halogens is 2. The Labute approximate surface area is 109 Å². The Hall–Kier alpha value is -2.42. The number of rotatable bonds is 5. The van der Waals surface area contributed by atoms with Gasteiger partial charge in [0.25, 0.3) is 0 Å². The molecule has 0 amide bonds. The summed E-state index contributed by atoms with van der Waals surface area (Å²) in [6, 6.07) is 4.23. The van der Waals surface area contributed by atoms with E-state index in [1.807, 2.05) is 10.8 Å². The number of nitrogens with zero attached hydrogens (tertiary/aromatic N) is 3. The lowest BCUT2D eigenvalue weighted by Crippen LogP contribution is -2.08. The van der Waals surface area contributed by atoms with Crippen LogP contribution in [0.4, 0.5) is 14.5 Å². The number of aryl methyl sites for hydroxylation is 1. The van der Waals surface area contributed by atoms with E-state index in [1.165, 1.54) is 12.1 Å². The molecule has 98 valence electrons. The molecular formula is C13H12F2N4. The van der Waals surface area contributed by atoms with Crippen molar-refractivity contribution in [1.29, 1.82) is 5.26 Å². The molecule has 0 fully saturated rings. The van der Waals surface area contributed by atoms with Gasteiger partial charge in [-0.3, -0.25) is 0 Å². The molecule has 0 bridgehead atoms. The van der Waals surface area contributed by atoms with E-state index in [0.29, 0.717) is 6.54 Å². The van der Waals surface area contributed by atoms with Crippen LogP contribution >= 0.6 is 0 Å². The molecule has 0 spiro atoms. The van der Waals surface area contributed by atoms with Gasteiger partial charge in [-0.15, -0.1) is 0 Å². The Morgan fingerprint density at radius 3 is 2.84 bits per heavy atom. The summed E-state index contributed by atoms with van der Waals surface area (Å²) in [6.45, 7) is 1.24. The van der Waals surface area contributed by atoms with E-state index >= 15 is 0 Å². The van der Waals surface area contributed by atoms with Crippen LogP contribution in [0, 0.1) is 23.0 Å². The number of imidazole rings is 1. The molecule has 2 aromatic rings. The van der Waals surface area contributed by atoms with Crippen molar-refractivity contribution in [3.63, 3.8) is 0 Å². The summed E-state index contributed by atoms with van der Waals surface area (Å²) < 4.78 is 28.8. The van der Waals surface area contributed by atoms with Crippen LogP contribution in [0.5, 0.6) is 0 Å². The fraction of sp³-hybridized carbons (Fsp3) is 0.231. The smallest absolute Gasteiger partial charge is 0.183 e. The van der Waals surface area contributed by atoms with Gasteiger partial charge in [0, 0.05) is 25.5 Å². The zero-order chi connectivity index (χ0) is 13.7. The highest BCUT2D eigenvalue weighted by Crippen LogP contribution is 2.19. The van der Waals surface area contributed by atoms with Crippen LogP contribution < -0.4 is 5.32 Å². The molecular weight excluding hydrogens is 250 g/mol. The number of anilines is 1. The van der Waals surface area contributed by atoms with Gasteiger partial charge in [-0.1, -0.05) is 0 Å². The number of benzene rings is 1. The molecule has 4 nitrogen and oxygen atoms in total. The van der Waals surface area contributed by atoms with Crippen LogP contribution in [-0.4, -0.2) is 16.1 Å². The molecule has 0 saturated carbocycles. The number of nitrogens with one attached hydrogen (secondary N) is 1. The van der Waals surface area contributed by atoms with Gasteiger partial charge in [0.1, 0.15) is 6.07 Å². The van der Waals surface area contributed by atoms with Crippen LogP contribution in [0.15, 0.2) is 30.9 Å². The van der Waals surface area contributed by atoms with Crippen molar-refractivity contribution in [3.05, 3.63) is 48.1 Å². The molecule has 1 aromatic carbocycles. The highest BCUT2D eigenvalue weighted by atomic mass is 19.2. The van der Waals surface area contributed by atoms with Gasteiger partial charge in [-0.2, -0.15) is 5.26 Å². The lowest BCUT2D eigenvalue weighted by Gasteiger charge is -2.08. The SMILES string of the molecule is N#Cc1ccc(NCCCn2ccnc2)c(F)c1F. The maximum Gasteiger partial charge on any atom is 0.183 e. The average molecular weight is 262 g/mol. The Kier molecular flexibility index (Phi) is 4.08. The van der Waals surface area contributed by atoms with Gasteiger partial charge in [0.2, 0.25) is 0 Å². The maximum absolute atomic E-state index is 13.5. The molecule has 0 saturated heterocycles. The summed E-state index contributed by atoms with van der Waals surface area (Å²) in [4.78, 5) is 3.91. The molecule has 6 heteroatoms. The highest BCUT2D eigenvalue weighted by molar-refractivity contribution is 5.49. The third-order valence-electron chi connectivity index (χ3n) is 2.67. The summed E-state index contributed by atoms with van der Waals surface area (Å²) in [6.07, 6.45) is 5.96. The summed E-state index contributed by atoms with van der Waals surface area (Å²) in [7, 11) is 0. The number of hydrogen-bond donors (Lipinski definition) is 1. The molecule has 0 aliphatic heterocycles. The quantitative estimate of drug-likeness (QED) is 0.842. The fourth-order valence-electron chi connectivity index (χ4n) is 1.68. The molecule has 1 heterocycles. The Bertz CT molecular complexity index is 587. The van der Waals surface area contributed by atoms with E-state index in [1.54, 1.807) is 18.6 Å². The monoisotopic (exact) mass is 262 g/mol. The summed E-state index contributed by atoms with van der Waals surface area (Å²) >= 11 is 0. The van der Waals surface area contributed by atoms with Crippen molar-refractivity contribution in [3.8, 4) is 6.07 Å². The second-order valence-corrected chi connectivity index (χ2v) is 3.98. The summed E-state index contributed by atoms with van der Waals surface area (Å²) in [5.41, 5.74) is -0.219. The third-order valence-corrected chi connectivity index (χ3v) is 2.67. The first-order chi connectivity index (χ1) is 9.22. The van der Waals surface area contributed by atoms with Crippen molar-refractivity contribution in [2.24, 2.45) is 0 Å². The Morgan fingerprint density at radius 2 is 2.16 bits per heavy atom. The third kappa shape index (κ3) is 3.07. The van der Waals surface area contributed by atoms with Crippen LogP contribution in [0.25, 0.3) is 0 Å². The van der Waals surface area contributed by atoms with Gasteiger partial charge in [-0.05, 0) is 18.6 Å². The molecule has 0 aliphatic carbocycles. The van der Waals surface area contributed by atoms with Crippen molar-refractivity contribution in [2.45, 2.75) is 13.0 Å². The largest absolute Gasteiger partial charge is 0.383 e. The van der Waals surface area contributed by atoms with E-state index in [4.69, 9.17) is 5.26 Å². The number of hydrogen-bond acceptors (Lipinski definition) is 3. The summed E-state index contributed by atoms with van der Waals surface area (Å²) in [5, 5.41) is 11.4. The minimum Gasteiger partial charge on any atom is -0.383 e. The maximum atomic E-state index is 13.5. The van der Waals surface area contributed by atoms with E-state index < -0.39 is 11.6 Å². The second-order valence-electron chi connectivity index (χ2n) is 3.98. The van der Waals surface area contributed by atoms with Gasteiger partial charge < -0.3 is 9.88 Å². The van der Waals surface area contributed by atoms with E-state index in [9.17, 15) is 8.78 Å². The minimum atomic E-state index is -1.11.